The molecule has 0 radical (unpaired) electrons. The van der Waals surface area contributed by atoms with Crippen molar-refractivity contribution in [3.8, 4) is 6.01 Å². The molecule has 0 amide bonds. The minimum Gasteiger partial charge on any atom is -0.481 e. The molecule has 180 valence electrons. The number of ether oxygens (including phenoxy) is 2. The molecule has 0 bridgehead atoms. The summed E-state index contributed by atoms with van der Waals surface area (Å²) in [6.07, 6.45) is 5.35. The van der Waals surface area contributed by atoms with Gasteiger partial charge in [-0.05, 0) is 56.7 Å². The van der Waals surface area contributed by atoms with Crippen molar-refractivity contribution >= 4 is 23.0 Å². The van der Waals surface area contributed by atoms with Crippen LogP contribution in [0.3, 0.4) is 0 Å². The van der Waals surface area contributed by atoms with Crippen molar-refractivity contribution in [1.82, 2.24) is 9.97 Å². The van der Waals surface area contributed by atoms with Crippen LogP contribution in [0.25, 0.3) is 0 Å². The van der Waals surface area contributed by atoms with E-state index in [9.17, 15) is 9.90 Å². The van der Waals surface area contributed by atoms with E-state index in [1.807, 2.05) is 26.8 Å². The third-order valence-electron chi connectivity index (χ3n) is 5.91. The van der Waals surface area contributed by atoms with E-state index in [0.717, 1.165) is 12.8 Å². The molecule has 1 unspecified atom stereocenters. The van der Waals surface area contributed by atoms with Crippen LogP contribution < -0.4 is 15.0 Å². The number of halogens is 1. The quantitative estimate of drug-likeness (QED) is 0.497. The third-order valence-corrected chi connectivity index (χ3v) is 5.91. The Kier molecular flexibility index (Phi) is 8.82. The van der Waals surface area contributed by atoms with Crippen LogP contribution in [0.5, 0.6) is 6.01 Å². The van der Waals surface area contributed by atoms with Gasteiger partial charge in [0.05, 0.1) is 42.5 Å². The lowest BCUT2D eigenvalue weighted by Gasteiger charge is -2.37. The van der Waals surface area contributed by atoms with Crippen molar-refractivity contribution in [2.24, 2.45) is 0 Å². The molecule has 1 aromatic heterocycles. The zero-order valence-electron chi connectivity index (χ0n) is 19.5. The molecule has 0 aliphatic carbocycles. The van der Waals surface area contributed by atoms with E-state index < -0.39 is 5.97 Å². The van der Waals surface area contributed by atoms with Crippen molar-refractivity contribution < 1.29 is 23.8 Å². The highest BCUT2D eigenvalue weighted by molar-refractivity contribution is 5.77. The summed E-state index contributed by atoms with van der Waals surface area (Å²) in [7, 11) is 0. The molecular weight excluding hydrogens is 427 g/mol. The van der Waals surface area contributed by atoms with E-state index in [2.05, 4.69) is 20.2 Å². The SMILES string of the molecule is CCOc1ncc(Nc2cc(C(CC)CC(=O)O)cc(F)c2N(CC)C2CCOCC2)cn1. The lowest BCUT2D eigenvalue weighted by Crippen LogP contribution is -2.40. The molecule has 33 heavy (non-hydrogen) atoms. The summed E-state index contributed by atoms with van der Waals surface area (Å²) in [5.41, 5.74) is 2.27. The Balaban J connectivity index is 2.03. The van der Waals surface area contributed by atoms with Crippen LogP contribution in [0.2, 0.25) is 0 Å². The minimum atomic E-state index is -0.904. The molecule has 9 heteroatoms. The Labute approximate surface area is 194 Å². The summed E-state index contributed by atoms with van der Waals surface area (Å²) < 4.78 is 26.5. The molecule has 2 heterocycles. The maximum atomic E-state index is 15.7. The van der Waals surface area contributed by atoms with Gasteiger partial charge in [-0.15, -0.1) is 0 Å². The van der Waals surface area contributed by atoms with Crippen LogP contribution in [0.15, 0.2) is 24.5 Å². The summed E-state index contributed by atoms with van der Waals surface area (Å²) in [5, 5.41) is 12.6. The molecule has 1 saturated heterocycles. The zero-order valence-corrected chi connectivity index (χ0v) is 19.5. The topological polar surface area (TPSA) is 96.8 Å². The Morgan fingerprint density at radius 2 is 1.97 bits per heavy atom. The van der Waals surface area contributed by atoms with Crippen molar-refractivity contribution in [2.75, 3.05) is 36.6 Å². The minimum absolute atomic E-state index is 0.0572. The van der Waals surface area contributed by atoms with E-state index in [1.54, 1.807) is 12.4 Å². The number of carbonyl (C=O) groups is 1. The van der Waals surface area contributed by atoms with Crippen molar-refractivity contribution in [3.05, 3.63) is 35.9 Å². The number of rotatable bonds is 11. The Morgan fingerprint density at radius 1 is 1.27 bits per heavy atom. The van der Waals surface area contributed by atoms with Gasteiger partial charge < -0.3 is 24.8 Å². The smallest absolute Gasteiger partial charge is 0.316 e. The molecule has 2 aromatic rings. The lowest BCUT2D eigenvalue weighted by molar-refractivity contribution is -0.137. The molecule has 0 saturated carbocycles. The van der Waals surface area contributed by atoms with Crippen molar-refractivity contribution in [3.63, 3.8) is 0 Å². The van der Waals surface area contributed by atoms with Crippen LogP contribution >= 0.6 is 0 Å². The number of hydrogen-bond acceptors (Lipinski definition) is 7. The predicted octanol–water partition coefficient (Wildman–Crippen LogP) is 4.73. The van der Waals surface area contributed by atoms with Gasteiger partial charge in [0.1, 0.15) is 5.82 Å². The van der Waals surface area contributed by atoms with Crippen LogP contribution in [0.4, 0.5) is 21.5 Å². The fourth-order valence-electron chi connectivity index (χ4n) is 4.29. The maximum absolute atomic E-state index is 15.7. The highest BCUT2D eigenvalue weighted by atomic mass is 19.1. The van der Waals surface area contributed by atoms with Gasteiger partial charge in [-0.2, -0.15) is 0 Å². The number of hydrogen-bond donors (Lipinski definition) is 2. The Morgan fingerprint density at radius 3 is 2.55 bits per heavy atom. The van der Waals surface area contributed by atoms with Crippen molar-refractivity contribution in [2.45, 2.75) is 58.4 Å². The average Bonchev–Trinajstić information content (AvgIpc) is 2.81. The molecule has 3 rings (SSSR count). The van der Waals surface area contributed by atoms with E-state index in [-0.39, 0.29) is 30.2 Å². The van der Waals surface area contributed by atoms with Gasteiger partial charge in [0.25, 0.3) is 0 Å². The monoisotopic (exact) mass is 460 g/mol. The summed E-state index contributed by atoms with van der Waals surface area (Å²) >= 11 is 0. The first-order valence-electron chi connectivity index (χ1n) is 11.6. The van der Waals surface area contributed by atoms with Gasteiger partial charge in [-0.25, -0.2) is 14.4 Å². The number of nitrogens with one attached hydrogen (secondary N) is 1. The summed E-state index contributed by atoms with van der Waals surface area (Å²) in [6, 6.07) is 3.76. The average molecular weight is 461 g/mol. The predicted molar refractivity (Wildman–Crippen MR) is 125 cm³/mol. The molecule has 2 N–H and O–H groups in total. The fourth-order valence-corrected chi connectivity index (χ4v) is 4.29. The van der Waals surface area contributed by atoms with Gasteiger partial charge in [-0.1, -0.05) is 6.92 Å². The summed E-state index contributed by atoms with van der Waals surface area (Å²) in [5.74, 6) is -1.57. The number of aliphatic carboxylic acids is 1. The Hall–Kier alpha value is -2.94. The number of nitrogens with zero attached hydrogens (tertiary/aromatic N) is 3. The number of benzene rings is 1. The number of carboxylic acid groups (broad SMARTS) is 1. The van der Waals surface area contributed by atoms with Crippen LogP contribution in [0, 0.1) is 5.82 Å². The molecule has 0 spiro atoms. The van der Waals surface area contributed by atoms with Crippen LogP contribution in [-0.4, -0.2) is 53.5 Å². The first kappa shape index (κ1) is 24.7. The van der Waals surface area contributed by atoms with E-state index in [4.69, 9.17) is 9.47 Å². The Bertz CT molecular complexity index is 919. The first-order chi connectivity index (χ1) is 16.0. The highest BCUT2D eigenvalue weighted by Gasteiger charge is 2.27. The lowest BCUT2D eigenvalue weighted by atomic mass is 9.92. The number of anilines is 3. The van der Waals surface area contributed by atoms with Gasteiger partial charge in [0.2, 0.25) is 0 Å². The second kappa shape index (κ2) is 11.8. The van der Waals surface area contributed by atoms with Gasteiger partial charge in [-0.3, -0.25) is 4.79 Å². The second-order valence-electron chi connectivity index (χ2n) is 8.04. The molecular formula is C24H33FN4O4. The summed E-state index contributed by atoms with van der Waals surface area (Å²) in [4.78, 5) is 21.8. The maximum Gasteiger partial charge on any atom is 0.316 e. The molecule has 1 aromatic carbocycles. The molecule has 1 fully saturated rings. The van der Waals surface area contributed by atoms with Gasteiger partial charge in [0.15, 0.2) is 0 Å². The molecule has 8 nitrogen and oxygen atoms in total. The zero-order chi connectivity index (χ0) is 23.8. The summed E-state index contributed by atoms with van der Waals surface area (Å²) in [6.45, 7) is 8.15. The molecule has 1 atom stereocenters. The third kappa shape index (κ3) is 6.31. The first-order valence-corrected chi connectivity index (χ1v) is 11.6. The van der Waals surface area contributed by atoms with Gasteiger partial charge in [0, 0.05) is 25.8 Å². The van der Waals surface area contributed by atoms with E-state index in [1.165, 1.54) is 6.07 Å². The normalized spacial score (nSPS) is 15.2. The van der Waals surface area contributed by atoms with E-state index in [0.29, 0.717) is 55.4 Å². The number of aromatic nitrogens is 2. The van der Waals surface area contributed by atoms with Crippen molar-refractivity contribution in [1.29, 1.82) is 0 Å². The fraction of sp³-hybridized carbons (Fsp3) is 0.542. The highest BCUT2D eigenvalue weighted by Crippen LogP contribution is 2.38. The second-order valence-corrected chi connectivity index (χ2v) is 8.04. The standard InChI is InChI=1S/C24H33FN4O4/c1-4-16(13-22(30)31)17-11-20(25)23(29(5-2)19-7-9-32-10-8-19)21(12-17)28-18-14-26-24(27-15-18)33-6-3/h11-12,14-16,19,28H,4-10,13H2,1-3H3,(H,30,31). The van der Waals surface area contributed by atoms with Crippen LogP contribution in [-0.2, 0) is 9.53 Å². The molecule has 1 aliphatic heterocycles. The largest absolute Gasteiger partial charge is 0.481 e. The van der Waals surface area contributed by atoms with Gasteiger partial charge >= 0.3 is 12.0 Å². The van der Waals surface area contributed by atoms with Crippen LogP contribution in [0.1, 0.15) is 57.9 Å². The molecule has 1 aliphatic rings. The number of carboxylic acids is 1. The van der Waals surface area contributed by atoms with E-state index >= 15 is 4.39 Å².